The zero-order valence-electron chi connectivity index (χ0n) is 14.1. The molecule has 0 aromatic heterocycles. The lowest BCUT2D eigenvalue weighted by atomic mass is 9.89. The summed E-state index contributed by atoms with van der Waals surface area (Å²) in [5, 5.41) is 12.2. The van der Waals surface area contributed by atoms with Gasteiger partial charge in [-0.05, 0) is 37.0 Å². The van der Waals surface area contributed by atoms with Crippen molar-refractivity contribution in [3.8, 4) is 6.07 Å². The number of nitrogens with two attached hydrogens (primary N) is 1. The molecule has 2 heterocycles. The Hall–Kier alpha value is -2.17. The fourth-order valence-corrected chi connectivity index (χ4v) is 4.56. The Morgan fingerprint density at radius 3 is 2.50 bits per heavy atom. The predicted octanol–water partition coefficient (Wildman–Crippen LogP) is 2.95. The van der Waals surface area contributed by atoms with E-state index in [1.165, 1.54) is 0 Å². The lowest BCUT2D eigenvalue weighted by molar-refractivity contribution is -0.119. The van der Waals surface area contributed by atoms with Gasteiger partial charge in [-0.3, -0.25) is 10.1 Å². The molecule has 1 fully saturated rings. The largest absolute Gasteiger partial charge is 0.393 e. The number of nitrogens with one attached hydrogen (secondary N) is 1. The summed E-state index contributed by atoms with van der Waals surface area (Å²) < 4.78 is 0. The Balaban J connectivity index is 1.79. The minimum Gasteiger partial charge on any atom is -0.393 e. The smallest absolute Gasteiger partial charge is 0.324 e. The second-order valence-electron chi connectivity index (χ2n) is 6.30. The maximum Gasteiger partial charge on any atom is 0.324 e. The van der Waals surface area contributed by atoms with Crippen LogP contribution in [0.15, 0.2) is 34.9 Å². The summed E-state index contributed by atoms with van der Waals surface area (Å²) in [5.41, 5.74) is 7.09. The molecule has 0 spiro atoms. The summed E-state index contributed by atoms with van der Waals surface area (Å²) in [6, 6.07) is 8.69. The van der Waals surface area contributed by atoms with Crippen molar-refractivity contribution < 1.29 is 9.59 Å². The zero-order valence-corrected chi connectivity index (χ0v) is 15.6. The maximum atomic E-state index is 12.8. The maximum absolute atomic E-state index is 12.8. The van der Waals surface area contributed by atoms with Gasteiger partial charge in [0.05, 0.1) is 16.7 Å². The summed E-state index contributed by atoms with van der Waals surface area (Å²) >= 11 is 7.06. The van der Waals surface area contributed by atoms with Gasteiger partial charge in [-0.25, -0.2) is 4.79 Å². The molecule has 26 heavy (non-hydrogen) atoms. The van der Waals surface area contributed by atoms with E-state index >= 15 is 0 Å². The first-order valence-electron chi connectivity index (χ1n) is 8.43. The van der Waals surface area contributed by atoms with E-state index in [4.69, 9.17) is 17.3 Å². The Labute approximate surface area is 161 Å². The van der Waals surface area contributed by atoms with Crippen molar-refractivity contribution in [1.82, 2.24) is 10.2 Å². The molecule has 3 rings (SSSR count). The van der Waals surface area contributed by atoms with Crippen molar-refractivity contribution in [2.45, 2.75) is 30.4 Å². The number of benzene rings is 1. The number of piperidine rings is 1. The Morgan fingerprint density at radius 2 is 1.88 bits per heavy atom. The van der Waals surface area contributed by atoms with Crippen LogP contribution in [0.1, 0.15) is 30.7 Å². The number of imide groups is 1. The Morgan fingerprint density at radius 1 is 1.23 bits per heavy atom. The molecule has 0 radical (unpaired) electrons. The van der Waals surface area contributed by atoms with Gasteiger partial charge < -0.3 is 10.6 Å². The number of nitrogens with zero attached hydrogens (tertiary/aromatic N) is 2. The summed E-state index contributed by atoms with van der Waals surface area (Å²) in [6.07, 6.45) is 2.99. The monoisotopic (exact) mass is 390 g/mol. The van der Waals surface area contributed by atoms with Crippen molar-refractivity contribution >= 4 is 35.3 Å². The topological polar surface area (TPSA) is 99.2 Å². The highest BCUT2D eigenvalue weighted by Gasteiger charge is 2.41. The number of carbonyl (C=O) groups excluding carboxylic acids is 2. The summed E-state index contributed by atoms with van der Waals surface area (Å²) in [5.74, 6) is -0.935. The number of nitriles is 1. The van der Waals surface area contributed by atoms with Crippen LogP contribution in [-0.2, 0) is 4.79 Å². The highest BCUT2D eigenvalue weighted by Crippen LogP contribution is 2.45. The number of amides is 3. The van der Waals surface area contributed by atoms with Crippen molar-refractivity contribution in [3.05, 3.63) is 45.5 Å². The number of hydrogen-bond acceptors (Lipinski definition) is 5. The number of urea groups is 1. The number of thioether (sulfide) groups is 1. The minimum atomic E-state index is -0.667. The van der Waals surface area contributed by atoms with Crippen molar-refractivity contribution in [2.24, 2.45) is 5.73 Å². The molecule has 6 nitrogen and oxygen atoms in total. The van der Waals surface area contributed by atoms with Gasteiger partial charge in [0.15, 0.2) is 0 Å². The molecule has 0 saturated carbocycles. The molecule has 2 aliphatic rings. The van der Waals surface area contributed by atoms with Gasteiger partial charge in [-0.1, -0.05) is 35.5 Å². The lowest BCUT2D eigenvalue weighted by Gasteiger charge is -2.27. The van der Waals surface area contributed by atoms with Gasteiger partial charge in [0.25, 0.3) is 0 Å². The average Bonchev–Trinajstić information content (AvgIpc) is 2.99. The molecule has 1 saturated heterocycles. The van der Waals surface area contributed by atoms with Crippen LogP contribution in [-0.4, -0.2) is 35.2 Å². The number of halogens is 1. The van der Waals surface area contributed by atoms with Gasteiger partial charge in [0.1, 0.15) is 5.25 Å². The summed E-state index contributed by atoms with van der Waals surface area (Å²) in [6.45, 7) is 1.31. The fraction of sp³-hybridized carbons (Fsp3) is 0.389. The number of hydrogen-bond donors (Lipinski definition) is 2. The van der Waals surface area contributed by atoms with Crippen molar-refractivity contribution in [2.75, 3.05) is 13.1 Å². The summed E-state index contributed by atoms with van der Waals surface area (Å²) in [7, 11) is 0. The van der Waals surface area contributed by atoms with Crippen LogP contribution < -0.4 is 11.1 Å². The van der Waals surface area contributed by atoms with Gasteiger partial charge in [-0.2, -0.15) is 5.26 Å². The highest BCUT2D eigenvalue weighted by molar-refractivity contribution is 8.04. The van der Waals surface area contributed by atoms with Crippen LogP contribution in [0.2, 0.25) is 5.02 Å². The third kappa shape index (κ3) is 3.81. The van der Waals surface area contributed by atoms with E-state index in [1.54, 1.807) is 29.2 Å². The fourth-order valence-electron chi connectivity index (χ4n) is 3.27. The first-order valence-corrected chi connectivity index (χ1v) is 9.68. The Kier molecular flexibility index (Phi) is 5.74. The molecular weight excluding hydrogens is 372 g/mol. The third-order valence-electron chi connectivity index (χ3n) is 4.61. The predicted molar refractivity (Wildman–Crippen MR) is 101 cm³/mol. The Bertz CT molecular complexity index is 781. The molecule has 1 aromatic rings. The van der Waals surface area contributed by atoms with Crippen molar-refractivity contribution in [1.29, 1.82) is 5.26 Å². The van der Waals surface area contributed by atoms with Crippen LogP contribution in [0.5, 0.6) is 0 Å². The van der Waals surface area contributed by atoms with Gasteiger partial charge >= 0.3 is 6.03 Å². The molecule has 2 atom stereocenters. The van der Waals surface area contributed by atoms with Gasteiger partial charge in [-0.15, -0.1) is 0 Å². The molecule has 2 aliphatic heterocycles. The summed E-state index contributed by atoms with van der Waals surface area (Å²) in [4.78, 5) is 26.8. The molecule has 1 aromatic carbocycles. The standard InChI is InChI=1S/C18H19ClN4O2S/c19-12-6-4-11(5-7-12)14-13(10-20)16(21)26-15(14)17(24)22-18(25)23-8-2-1-3-9-23/h4-7,14-15H,1-3,8-9,21H2,(H,22,24,25). The van der Waals surface area contributed by atoms with Crippen LogP contribution in [0.25, 0.3) is 0 Å². The molecular formula is C18H19ClN4O2S. The van der Waals surface area contributed by atoms with E-state index in [1.807, 2.05) is 0 Å². The average molecular weight is 391 g/mol. The molecule has 136 valence electrons. The number of likely N-dealkylation sites (tertiary alicyclic amines) is 1. The highest BCUT2D eigenvalue weighted by atomic mass is 35.5. The molecule has 0 bridgehead atoms. The van der Waals surface area contributed by atoms with E-state index in [-0.39, 0.29) is 6.03 Å². The molecule has 0 aliphatic carbocycles. The first kappa shape index (κ1) is 18.6. The molecule has 3 N–H and O–H groups in total. The van der Waals surface area contributed by atoms with Crippen LogP contribution in [0.3, 0.4) is 0 Å². The van der Waals surface area contributed by atoms with Crippen LogP contribution >= 0.6 is 23.4 Å². The van der Waals surface area contributed by atoms with Gasteiger partial charge in [0.2, 0.25) is 5.91 Å². The number of allylic oxidation sites excluding steroid dienone is 1. The second kappa shape index (κ2) is 8.02. The zero-order chi connectivity index (χ0) is 18.7. The molecule has 3 amide bonds. The van der Waals surface area contributed by atoms with Crippen LogP contribution in [0.4, 0.5) is 4.79 Å². The van der Waals surface area contributed by atoms with Crippen molar-refractivity contribution in [3.63, 3.8) is 0 Å². The van der Waals surface area contributed by atoms with E-state index in [9.17, 15) is 14.9 Å². The van der Waals surface area contributed by atoms with E-state index in [0.29, 0.717) is 28.7 Å². The van der Waals surface area contributed by atoms with E-state index < -0.39 is 17.1 Å². The first-order chi connectivity index (χ1) is 12.5. The molecule has 2 unspecified atom stereocenters. The SMILES string of the molecule is N#CC1=C(N)SC(C(=O)NC(=O)N2CCCCC2)C1c1ccc(Cl)cc1. The lowest BCUT2D eigenvalue weighted by Crippen LogP contribution is -2.48. The third-order valence-corrected chi connectivity index (χ3v) is 6.08. The quantitative estimate of drug-likeness (QED) is 0.808. The van der Waals surface area contributed by atoms with Crippen LogP contribution in [0, 0.1) is 11.3 Å². The van der Waals surface area contributed by atoms with E-state index in [0.717, 1.165) is 36.6 Å². The normalized spacial score (nSPS) is 22.8. The molecule has 8 heteroatoms. The number of rotatable bonds is 2. The van der Waals surface area contributed by atoms with Gasteiger partial charge in [0, 0.05) is 24.0 Å². The van der Waals surface area contributed by atoms with E-state index in [2.05, 4.69) is 11.4 Å². The number of carbonyl (C=O) groups is 2. The second-order valence-corrected chi connectivity index (χ2v) is 7.92. The minimum absolute atomic E-state index is 0.318.